The molecule has 0 spiro atoms. The van der Waals surface area contributed by atoms with Gasteiger partial charge in [0.15, 0.2) is 0 Å². The van der Waals surface area contributed by atoms with E-state index in [9.17, 15) is 0 Å². The topological polar surface area (TPSA) is 52.0 Å². The molecule has 0 unspecified atom stereocenters. The molecule has 0 amide bonds. The molecule has 1 saturated carbocycles. The molecule has 2 atom stereocenters. The van der Waals surface area contributed by atoms with Gasteiger partial charge in [-0.2, -0.15) is 0 Å². The minimum atomic E-state index is 0.398. The van der Waals surface area contributed by atoms with Gasteiger partial charge in [-0.1, -0.05) is 0 Å². The molecule has 2 nitrogen and oxygen atoms in total. The van der Waals surface area contributed by atoms with Gasteiger partial charge in [0.1, 0.15) is 0 Å². The van der Waals surface area contributed by atoms with E-state index in [2.05, 4.69) is 0 Å². The Morgan fingerprint density at radius 1 is 1.00 bits per heavy atom. The van der Waals surface area contributed by atoms with Gasteiger partial charge in [0.05, 0.1) is 0 Å². The molecule has 0 radical (unpaired) electrons. The van der Waals surface area contributed by atoms with Crippen molar-refractivity contribution in [2.24, 2.45) is 11.5 Å². The van der Waals surface area contributed by atoms with Gasteiger partial charge in [0, 0.05) is 12.1 Å². The highest BCUT2D eigenvalue weighted by Gasteiger charge is 2.16. The summed E-state index contributed by atoms with van der Waals surface area (Å²) < 4.78 is 0. The van der Waals surface area contributed by atoms with E-state index >= 15 is 0 Å². The van der Waals surface area contributed by atoms with Crippen molar-refractivity contribution in [3.05, 3.63) is 0 Å². The number of nitrogens with two attached hydrogens (primary N) is 2. The fourth-order valence-corrected chi connectivity index (χ4v) is 1.05. The van der Waals surface area contributed by atoms with Crippen LogP contribution in [0, 0.1) is 0 Å². The Morgan fingerprint density at radius 2 is 1.43 bits per heavy atom. The van der Waals surface area contributed by atoms with Crippen LogP contribution in [0.3, 0.4) is 0 Å². The average Bonchev–Trinajstić information content (AvgIpc) is 1.87. The maximum Gasteiger partial charge on any atom is 0.00541 e. The largest absolute Gasteiger partial charge is 0.328 e. The predicted molar refractivity (Wildman–Crippen MR) is 29.8 cm³/mol. The van der Waals surface area contributed by atoms with Crippen LogP contribution in [0.2, 0.25) is 0 Å². The third kappa shape index (κ3) is 1.14. The Morgan fingerprint density at radius 3 is 1.57 bits per heavy atom. The van der Waals surface area contributed by atoms with Crippen LogP contribution in [0.1, 0.15) is 19.3 Å². The van der Waals surface area contributed by atoms with Crippen LogP contribution in [0.25, 0.3) is 0 Å². The maximum atomic E-state index is 5.55. The lowest BCUT2D eigenvalue weighted by atomic mass is 10.2. The minimum Gasteiger partial charge on any atom is -0.328 e. The second-order valence-corrected chi connectivity index (χ2v) is 2.33. The molecule has 7 heavy (non-hydrogen) atoms. The van der Waals surface area contributed by atoms with Crippen molar-refractivity contribution < 1.29 is 0 Å². The summed E-state index contributed by atoms with van der Waals surface area (Å²) in [6.45, 7) is 0. The molecular weight excluding hydrogens is 88.1 g/mol. The standard InChI is InChI=1S/C5H12N2/c6-4-1-2-5(7)3-4/h4-5H,1-3,6-7H2/t4-,5+. The molecule has 0 aliphatic heterocycles. The Bertz CT molecular complexity index is 55.1. The van der Waals surface area contributed by atoms with Gasteiger partial charge in [0.25, 0.3) is 0 Å². The van der Waals surface area contributed by atoms with Crippen LogP contribution in [-0.4, -0.2) is 12.1 Å². The lowest BCUT2D eigenvalue weighted by Gasteiger charge is -1.97. The van der Waals surface area contributed by atoms with E-state index in [0.29, 0.717) is 12.1 Å². The fraction of sp³-hybridized carbons (Fsp3) is 1.00. The van der Waals surface area contributed by atoms with E-state index in [1.165, 1.54) is 0 Å². The van der Waals surface area contributed by atoms with E-state index in [0.717, 1.165) is 19.3 Å². The molecule has 1 aliphatic rings. The van der Waals surface area contributed by atoms with Gasteiger partial charge in [-0.05, 0) is 19.3 Å². The van der Waals surface area contributed by atoms with Crippen LogP contribution in [0.5, 0.6) is 0 Å². The monoisotopic (exact) mass is 100 g/mol. The van der Waals surface area contributed by atoms with Crippen molar-refractivity contribution in [2.45, 2.75) is 31.3 Å². The Hall–Kier alpha value is -0.0800. The minimum absolute atomic E-state index is 0.398. The van der Waals surface area contributed by atoms with Crippen molar-refractivity contribution in [2.75, 3.05) is 0 Å². The van der Waals surface area contributed by atoms with Crippen molar-refractivity contribution in [1.82, 2.24) is 0 Å². The van der Waals surface area contributed by atoms with Gasteiger partial charge >= 0.3 is 0 Å². The first-order valence-corrected chi connectivity index (χ1v) is 2.80. The summed E-state index contributed by atoms with van der Waals surface area (Å²) in [4.78, 5) is 0. The third-order valence-corrected chi connectivity index (χ3v) is 1.51. The van der Waals surface area contributed by atoms with Gasteiger partial charge in [-0.3, -0.25) is 0 Å². The molecule has 0 aromatic heterocycles. The summed E-state index contributed by atoms with van der Waals surface area (Å²) in [7, 11) is 0. The summed E-state index contributed by atoms with van der Waals surface area (Å²) in [6.07, 6.45) is 3.28. The Labute approximate surface area is 43.9 Å². The summed E-state index contributed by atoms with van der Waals surface area (Å²) in [5, 5.41) is 0. The lowest BCUT2D eigenvalue weighted by molar-refractivity contribution is 0.666. The average molecular weight is 100 g/mol. The summed E-state index contributed by atoms with van der Waals surface area (Å²) in [6, 6.07) is 0.796. The Balaban J connectivity index is 2.26. The second-order valence-electron chi connectivity index (χ2n) is 2.33. The number of rotatable bonds is 0. The molecule has 0 heterocycles. The molecule has 4 N–H and O–H groups in total. The third-order valence-electron chi connectivity index (χ3n) is 1.51. The molecule has 0 aromatic carbocycles. The first-order chi connectivity index (χ1) is 3.29. The SMILES string of the molecule is N[C@@H]1CC[C@H](N)C1. The van der Waals surface area contributed by atoms with Crippen molar-refractivity contribution in [3.8, 4) is 0 Å². The second kappa shape index (κ2) is 1.80. The quantitative estimate of drug-likeness (QED) is 0.444. The van der Waals surface area contributed by atoms with E-state index in [4.69, 9.17) is 11.5 Å². The summed E-state index contributed by atoms with van der Waals surface area (Å²) in [5.41, 5.74) is 11.1. The van der Waals surface area contributed by atoms with Gasteiger partial charge in [-0.15, -0.1) is 0 Å². The number of hydrogen-bond acceptors (Lipinski definition) is 2. The maximum absolute atomic E-state index is 5.55. The molecule has 42 valence electrons. The molecule has 0 aromatic rings. The molecule has 2 heteroatoms. The van der Waals surface area contributed by atoms with Crippen molar-refractivity contribution >= 4 is 0 Å². The molecule has 0 saturated heterocycles. The smallest absolute Gasteiger partial charge is 0.00541 e. The summed E-state index contributed by atoms with van der Waals surface area (Å²) >= 11 is 0. The van der Waals surface area contributed by atoms with Gasteiger partial charge < -0.3 is 11.5 Å². The van der Waals surface area contributed by atoms with Crippen molar-refractivity contribution in [3.63, 3.8) is 0 Å². The molecule has 1 fully saturated rings. The lowest BCUT2D eigenvalue weighted by Crippen LogP contribution is -2.20. The zero-order chi connectivity index (χ0) is 5.28. The zero-order valence-corrected chi connectivity index (χ0v) is 4.43. The van der Waals surface area contributed by atoms with Crippen LogP contribution in [0.4, 0.5) is 0 Å². The van der Waals surface area contributed by atoms with E-state index in [1.807, 2.05) is 0 Å². The first-order valence-electron chi connectivity index (χ1n) is 2.80. The van der Waals surface area contributed by atoms with Crippen LogP contribution >= 0.6 is 0 Å². The van der Waals surface area contributed by atoms with Crippen LogP contribution in [-0.2, 0) is 0 Å². The van der Waals surface area contributed by atoms with Crippen LogP contribution < -0.4 is 11.5 Å². The normalized spacial score (nSPS) is 42.0. The Kier molecular flexibility index (Phi) is 1.30. The summed E-state index contributed by atoms with van der Waals surface area (Å²) in [5.74, 6) is 0. The van der Waals surface area contributed by atoms with Gasteiger partial charge in [-0.25, -0.2) is 0 Å². The first kappa shape index (κ1) is 5.06. The number of hydrogen-bond donors (Lipinski definition) is 2. The zero-order valence-electron chi connectivity index (χ0n) is 4.43. The highest BCUT2D eigenvalue weighted by Crippen LogP contribution is 2.13. The molecule has 0 bridgehead atoms. The van der Waals surface area contributed by atoms with E-state index in [-0.39, 0.29) is 0 Å². The van der Waals surface area contributed by atoms with Crippen LogP contribution in [0.15, 0.2) is 0 Å². The molecule has 1 aliphatic carbocycles. The fourth-order valence-electron chi connectivity index (χ4n) is 1.05. The van der Waals surface area contributed by atoms with E-state index < -0.39 is 0 Å². The molecule has 1 rings (SSSR count). The van der Waals surface area contributed by atoms with Gasteiger partial charge in [0.2, 0.25) is 0 Å². The highest BCUT2D eigenvalue weighted by molar-refractivity contribution is 4.79. The predicted octanol–water partition coefficient (Wildman–Crippen LogP) is -0.175. The molecular formula is C5H12N2. The van der Waals surface area contributed by atoms with Crippen molar-refractivity contribution in [1.29, 1.82) is 0 Å². The highest BCUT2D eigenvalue weighted by atomic mass is 14.7. The van der Waals surface area contributed by atoms with E-state index in [1.54, 1.807) is 0 Å².